The van der Waals surface area contributed by atoms with Gasteiger partial charge in [0.1, 0.15) is 7.05 Å². The van der Waals surface area contributed by atoms with Gasteiger partial charge in [-0.2, -0.15) is 4.58 Å². The van der Waals surface area contributed by atoms with Crippen LogP contribution in [-0.4, -0.2) is 50.5 Å². The van der Waals surface area contributed by atoms with Crippen LogP contribution in [0.3, 0.4) is 0 Å². The number of methoxy groups -OCH3 is 2. The van der Waals surface area contributed by atoms with Gasteiger partial charge in [0.25, 0.3) is 0 Å². The number of likely N-dealkylation sites (N-methyl/N-ethyl adjacent to an activating group) is 1. The van der Waals surface area contributed by atoms with Gasteiger partial charge in [-0.25, -0.2) is 9.59 Å². The Morgan fingerprint density at radius 3 is 2.06 bits per heavy atom. The summed E-state index contributed by atoms with van der Waals surface area (Å²) in [5.41, 5.74) is 7.17. The van der Waals surface area contributed by atoms with Crippen LogP contribution < -0.4 is 4.90 Å². The number of fused-ring (bicyclic) bond motifs is 2. The van der Waals surface area contributed by atoms with E-state index in [0.29, 0.717) is 11.1 Å². The number of esters is 2. The molecule has 0 spiro atoms. The first kappa shape index (κ1) is 24.5. The number of carbonyl (C=O) groups is 2. The van der Waals surface area contributed by atoms with E-state index >= 15 is 0 Å². The molecule has 0 aliphatic carbocycles. The van der Waals surface area contributed by atoms with Crippen molar-refractivity contribution in [1.82, 2.24) is 0 Å². The van der Waals surface area contributed by atoms with Crippen molar-refractivity contribution in [2.24, 2.45) is 0 Å². The third kappa shape index (κ3) is 3.77. The fourth-order valence-electron chi connectivity index (χ4n) is 5.39. The molecule has 0 unspecified atom stereocenters. The summed E-state index contributed by atoms with van der Waals surface area (Å²) < 4.78 is 12.0. The van der Waals surface area contributed by atoms with E-state index in [4.69, 9.17) is 9.47 Å². The van der Waals surface area contributed by atoms with Crippen molar-refractivity contribution < 1.29 is 23.6 Å². The molecule has 2 aliphatic rings. The number of nitrogens with zero attached hydrogens (tertiary/aromatic N) is 2. The number of ether oxygens (including phenoxy) is 2. The van der Waals surface area contributed by atoms with Crippen LogP contribution in [0.2, 0.25) is 0 Å². The zero-order valence-corrected chi connectivity index (χ0v) is 21.7. The molecule has 2 aliphatic heterocycles. The van der Waals surface area contributed by atoms with E-state index in [-0.39, 0.29) is 22.8 Å². The summed E-state index contributed by atoms with van der Waals surface area (Å²) >= 11 is 0. The lowest BCUT2D eigenvalue weighted by atomic mass is 9.80. The van der Waals surface area contributed by atoms with Crippen molar-refractivity contribution in [3.05, 3.63) is 82.6 Å². The Labute approximate surface area is 207 Å². The maximum atomic E-state index is 12.1. The predicted molar refractivity (Wildman–Crippen MR) is 138 cm³/mol. The average molecular weight is 474 g/mol. The first-order valence-corrected chi connectivity index (χ1v) is 11.6. The van der Waals surface area contributed by atoms with Gasteiger partial charge in [0, 0.05) is 41.6 Å². The van der Waals surface area contributed by atoms with Crippen LogP contribution in [0, 0.1) is 0 Å². The van der Waals surface area contributed by atoms with Gasteiger partial charge in [-0.3, -0.25) is 0 Å². The fraction of sp³-hybridized carbons (Fsp3) is 0.345. The minimum absolute atomic E-state index is 0.279. The summed E-state index contributed by atoms with van der Waals surface area (Å²) in [5, 5.41) is 0. The lowest BCUT2D eigenvalue weighted by Gasteiger charge is -2.23. The standard InChI is InChI=1S/C29H33N2O4/c1-28(2)20-16-18(26(32)34-7)12-14-22(20)30(5)24(28)10-9-11-25-29(3,4)21-17-19(27(33)35-8)13-15-23(21)31(25)6/h9-17H,1-8H3/q+1. The highest BCUT2D eigenvalue weighted by atomic mass is 16.5. The maximum Gasteiger partial charge on any atom is 0.337 e. The Kier molecular flexibility index (Phi) is 5.95. The van der Waals surface area contributed by atoms with Crippen LogP contribution in [0.1, 0.15) is 59.5 Å². The second-order valence-corrected chi connectivity index (χ2v) is 10.1. The number of allylic oxidation sites excluding steroid dienone is 4. The maximum absolute atomic E-state index is 12.1. The molecule has 6 nitrogen and oxygen atoms in total. The molecule has 0 aromatic heterocycles. The lowest BCUT2D eigenvalue weighted by Crippen LogP contribution is -2.27. The van der Waals surface area contributed by atoms with E-state index in [1.54, 1.807) is 0 Å². The van der Waals surface area contributed by atoms with Gasteiger partial charge in [-0.1, -0.05) is 19.9 Å². The van der Waals surface area contributed by atoms with Gasteiger partial charge >= 0.3 is 11.9 Å². The molecular formula is C29H33N2O4+. The van der Waals surface area contributed by atoms with Crippen LogP contribution in [0.5, 0.6) is 0 Å². The molecule has 35 heavy (non-hydrogen) atoms. The monoisotopic (exact) mass is 473 g/mol. The van der Waals surface area contributed by atoms with Crippen molar-refractivity contribution >= 4 is 29.0 Å². The summed E-state index contributed by atoms with van der Waals surface area (Å²) in [7, 11) is 6.90. The first-order valence-electron chi connectivity index (χ1n) is 11.6. The van der Waals surface area contributed by atoms with Crippen molar-refractivity contribution in [3.63, 3.8) is 0 Å². The number of hydrogen-bond donors (Lipinski definition) is 0. The SMILES string of the molecule is COC(=O)c1ccc2c(c1)C(C)(C)C(/C=C/C=C1\N(C)c3ccc(C(=O)OC)cc3C1(C)C)=[N+]2C. The largest absolute Gasteiger partial charge is 0.465 e. The molecule has 2 aromatic carbocycles. The van der Waals surface area contributed by atoms with E-state index in [2.05, 4.69) is 55.4 Å². The minimum atomic E-state index is -0.332. The van der Waals surface area contributed by atoms with Crippen molar-refractivity contribution in [2.75, 3.05) is 33.2 Å². The van der Waals surface area contributed by atoms with Gasteiger partial charge in [0.15, 0.2) is 5.71 Å². The number of rotatable bonds is 4. The molecule has 4 rings (SSSR count). The molecule has 0 N–H and O–H groups in total. The predicted octanol–water partition coefficient (Wildman–Crippen LogP) is 5.13. The molecule has 0 saturated carbocycles. The van der Waals surface area contributed by atoms with Crippen LogP contribution in [0.4, 0.5) is 11.4 Å². The molecule has 182 valence electrons. The smallest absolute Gasteiger partial charge is 0.337 e. The lowest BCUT2D eigenvalue weighted by molar-refractivity contribution is -0.401. The molecule has 0 radical (unpaired) electrons. The Balaban J connectivity index is 1.68. The highest BCUT2D eigenvalue weighted by Gasteiger charge is 2.43. The van der Waals surface area contributed by atoms with E-state index in [1.165, 1.54) is 14.2 Å². The molecule has 0 saturated heterocycles. The van der Waals surface area contributed by atoms with E-state index in [0.717, 1.165) is 33.9 Å². The van der Waals surface area contributed by atoms with Crippen molar-refractivity contribution in [3.8, 4) is 0 Å². The number of anilines is 1. The molecule has 2 aromatic rings. The van der Waals surface area contributed by atoms with Crippen LogP contribution in [0.15, 0.2) is 60.3 Å². The Morgan fingerprint density at radius 1 is 0.886 bits per heavy atom. The summed E-state index contributed by atoms with van der Waals surface area (Å²) in [6.07, 6.45) is 6.36. The normalized spacial score (nSPS) is 18.7. The van der Waals surface area contributed by atoms with E-state index < -0.39 is 0 Å². The van der Waals surface area contributed by atoms with Crippen LogP contribution in [0.25, 0.3) is 0 Å². The Morgan fingerprint density at radius 2 is 1.46 bits per heavy atom. The Bertz CT molecular complexity index is 1330. The third-order valence-corrected chi connectivity index (χ3v) is 7.42. The van der Waals surface area contributed by atoms with Crippen LogP contribution >= 0.6 is 0 Å². The average Bonchev–Trinajstić information content (AvgIpc) is 3.15. The summed E-state index contributed by atoms with van der Waals surface area (Å²) in [4.78, 5) is 26.3. The summed E-state index contributed by atoms with van der Waals surface area (Å²) in [6.45, 7) is 8.66. The second kappa shape index (κ2) is 8.52. The molecule has 6 heteroatoms. The number of carbonyl (C=O) groups excluding carboxylic acids is 2. The molecule has 0 bridgehead atoms. The number of hydrogen-bond acceptors (Lipinski definition) is 5. The molecular weight excluding hydrogens is 440 g/mol. The van der Waals surface area contributed by atoms with Gasteiger partial charge in [-0.15, -0.1) is 0 Å². The Hall–Kier alpha value is -3.67. The molecule has 2 heterocycles. The topological polar surface area (TPSA) is 58.9 Å². The van der Waals surface area contributed by atoms with Gasteiger partial charge < -0.3 is 14.4 Å². The molecule has 0 fully saturated rings. The van der Waals surface area contributed by atoms with Crippen LogP contribution in [-0.2, 0) is 20.3 Å². The number of benzene rings is 2. The highest BCUT2D eigenvalue weighted by Crippen LogP contribution is 2.47. The minimum Gasteiger partial charge on any atom is -0.465 e. The third-order valence-electron chi connectivity index (χ3n) is 7.42. The van der Waals surface area contributed by atoms with E-state index in [1.807, 2.05) is 50.5 Å². The zero-order valence-electron chi connectivity index (χ0n) is 21.7. The molecule has 0 amide bonds. The first-order chi connectivity index (χ1) is 16.4. The van der Waals surface area contributed by atoms with Crippen molar-refractivity contribution in [1.29, 1.82) is 0 Å². The quantitative estimate of drug-likeness (QED) is 0.455. The zero-order chi connectivity index (χ0) is 25.7. The summed E-state index contributed by atoms with van der Waals surface area (Å²) in [5.74, 6) is -0.664. The van der Waals surface area contributed by atoms with E-state index in [9.17, 15) is 9.59 Å². The fourth-order valence-corrected chi connectivity index (χ4v) is 5.39. The van der Waals surface area contributed by atoms with Gasteiger partial charge in [-0.05, 0) is 55.8 Å². The van der Waals surface area contributed by atoms with Gasteiger partial charge in [0.05, 0.1) is 30.8 Å². The molecule has 0 atom stereocenters. The summed E-state index contributed by atoms with van der Waals surface area (Å²) in [6, 6.07) is 11.4. The highest BCUT2D eigenvalue weighted by molar-refractivity contribution is 6.04. The second-order valence-electron chi connectivity index (χ2n) is 10.1. The van der Waals surface area contributed by atoms with Crippen molar-refractivity contribution in [2.45, 2.75) is 38.5 Å². The van der Waals surface area contributed by atoms with Gasteiger partial charge in [0.2, 0.25) is 5.69 Å².